The Kier molecular flexibility index (Phi) is 2.94. The van der Waals surface area contributed by atoms with Crippen LogP contribution >= 0.6 is 0 Å². The first kappa shape index (κ1) is 14.7. The second kappa shape index (κ2) is 4.59. The van der Waals surface area contributed by atoms with Crippen LogP contribution in [0, 0.1) is 5.82 Å². The van der Waals surface area contributed by atoms with Crippen LogP contribution in [-0.4, -0.2) is 18.3 Å². The maximum absolute atomic E-state index is 13.9. The zero-order valence-electron chi connectivity index (χ0n) is 13.6. The van der Waals surface area contributed by atoms with Gasteiger partial charge in [-0.1, -0.05) is 24.3 Å². The van der Waals surface area contributed by atoms with Gasteiger partial charge in [0.15, 0.2) is 11.4 Å². The number of hydrogen-bond donors (Lipinski definition) is 0. The third-order valence-electron chi connectivity index (χ3n) is 5.00. The van der Waals surface area contributed by atoms with Crippen LogP contribution in [0.5, 0.6) is 0 Å². The minimum Gasteiger partial charge on any atom is -0.453 e. The van der Waals surface area contributed by atoms with Crippen LogP contribution in [-0.2, 0) is 9.31 Å². The van der Waals surface area contributed by atoms with Crippen molar-refractivity contribution < 1.29 is 18.1 Å². The molecule has 0 spiro atoms. The van der Waals surface area contributed by atoms with Crippen LogP contribution in [0.2, 0.25) is 0 Å². The second-order valence-corrected chi connectivity index (χ2v) is 7.06. The fourth-order valence-electron chi connectivity index (χ4n) is 2.91. The predicted octanol–water partition coefficient (Wildman–Crippen LogP) is 4.02. The minimum atomic E-state index is -0.456. The van der Waals surface area contributed by atoms with Gasteiger partial charge in [-0.15, -0.1) is 0 Å². The van der Waals surface area contributed by atoms with Gasteiger partial charge in [-0.25, -0.2) is 4.39 Å². The van der Waals surface area contributed by atoms with Gasteiger partial charge >= 0.3 is 7.12 Å². The van der Waals surface area contributed by atoms with E-state index < -0.39 is 18.3 Å². The van der Waals surface area contributed by atoms with E-state index in [2.05, 4.69) is 0 Å². The lowest BCUT2D eigenvalue weighted by molar-refractivity contribution is 0.00578. The summed E-state index contributed by atoms with van der Waals surface area (Å²) in [6.45, 7) is 8.06. The Morgan fingerprint density at radius 1 is 0.913 bits per heavy atom. The van der Waals surface area contributed by atoms with E-state index in [1.165, 1.54) is 6.07 Å². The van der Waals surface area contributed by atoms with Gasteiger partial charge in [0.1, 0.15) is 5.58 Å². The van der Waals surface area contributed by atoms with E-state index in [0.29, 0.717) is 5.58 Å². The smallest absolute Gasteiger partial charge is 0.453 e. The van der Waals surface area contributed by atoms with Crippen molar-refractivity contribution in [3.05, 3.63) is 42.2 Å². The highest BCUT2D eigenvalue weighted by atomic mass is 19.1. The van der Waals surface area contributed by atoms with Crippen LogP contribution in [0.4, 0.5) is 4.39 Å². The monoisotopic (exact) mass is 312 g/mol. The lowest BCUT2D eigenvalue weighted by Crippen LogP contribution is -2.41. The Morgan fingerprint density at radius 3 is 2.30 bits per heavy atom. The average Bonchev–Trinajstić information content (AvgIpc) is 2.94. The van der Waals surface area contributed by atoms with Crippen molar-refractivity contribution in [2.45, 2.75) is 38.9 Å². The Bertz CT molecular complexity index is 897. The molecule has 3 aromatic rings. The number of para-hydroxylation sites is 1. The molecule has 0 bridgehead atoms. The molecule has 0 atom stereocenters. The molecule has 23 heavy (non-hydrogen) atoms. The molecule has 0 amide bonds. The summed E-state index contributed by atoms with van der Waals surface area (Å²) < 4.78 is 31.7. The first-order valence-electron chi connectivity index (χ1n) is 7.75. The lowest BCUT2D eigenvalue weighted by Gasteiger charge is -2.32. The predicted molar refractivity (Wildman–Crippen MR) is 89.4 cm³/mol. The quantitative estimate of drug-likeness (QED) is 0.636. The molecule has 0 radical (unpaired) electrons. The van der Waals surface area contributed by atoms with Crippen molar-refractivity contribution in [2.24, 2.45) is 0 Å². The van der Waals surface area contributed by atoms with Crippen molar-refractivity contribution >= 4 is 34.5 Å². The van der Waals surface area contributed by atoms with Gasteiger partial charge in [0.25, 0.3) is 0 Å². The van der Waals surface area contributed by atoms with Crippen molar-refractivity contribution in [1.82, 2.24) is 0 Å². The molecule has 0 unspecified atom stereocenters. The molecule has 1 aromatic heterocycles. The van der Waals surface area contributed by atoms with E-state index in [1.807, 2.05) is 52.0 Å². The fourth-order valence-corrected chi connectivity index (χ4v) is 2.91. The molecule has 0 saturated carbocycles. The summed E-state index contributed by atoms with van der Waals surface area (Å²) in [4.78, 5) is 0. The Labute approximate surface area is 134 Å². The summed E-state index contributed by atoms with van der Waals surface area (Å²) in [5, 5.41) is 1.67. The molecular formula is C18H18BFO3. The van der Waals surface area contributed by atoms with Crippen molar-refractivity contribution in [1.29, 1.82) is 0 Å². The Morgan fingerprint density at radius 2 is 1.61 bits per heavy atom. The van der Waals surface area contributed by atoms with E-state index in [-0.39, 0.29) is 11.4 Å². The van der Waals surface area contributed by atoms with Gasteiger partial charge in [-0.3, -0.25) is 0 Å². The second-order valence-electron chi connectivity index (χ2n) is 7.06. The van der Waals surface area contributed by atoms with E-state index in [4.69, 9.17) is 13.7 Å². The van der Waals surface area contributed by atoms with Crippen molar-refractivity contribution in [3.63, 3.8) is 0 Å². The molecule has 4 rings (SSSR count). The fraction of sp³-hybridized carbons (Fsp3) is 0.333. The summed E-state index contributed by atoms with van der Waals surface area (Å²) in [5.74, 6) is -0.351. The van der Waals surface area contributed by atoms with Crippen LogP contribution < -0.4 is 5.46 Å². The van der Waals surface area contributed by atoms with Gasteiger partial charge in [-0.05, 0) is 45.3 Å². The first-order chi connectivity index (χ1) is 10.8. The van der Waals surface area contributed by atoms with Crippen LogP contribution in [0.3, 0.4) is 0 Å². The minimum absolute atomic E-state index is 0.286. The number of furan rings is 1. The van der Waals surface area contributed by atoms with Crippen LogP contribution in [0.1, 0.15) is 27.7 Å². The zero-order valence-corrected chi connectivity index (χ0v) is 13.6. The molecule has 5 heteroatoms. The SMILES string of the molecule is CC1(C)OB(c2ccc3c(c2)oc2c(F)cccc23)OC1(C)C. The summed E-state index contributed by atoms with van der Waals surface area (Å²) in [6.07, 6.45) is 0. The number of halogens is 1. The molecule has 0 aliphatic carbocycles. The number of rotatable bonds is 1. The molecule has 1 aliphatic heterocycles. The molecule has 2 aromatic carbocycles. The first-order valence-corrected chi connectivity index (χ1v) is 7.75. The highest BCUT2D eigenvalue weighted by Crippen LogP contribution is 2.37. The average molecular weight is 312 g/mol. The Balaban J connectivity index is 1.81. The highest BCUT2D eigenvalue weighted by molar-refractivity contribution is 6.62. The van der Waals surface area contributed by atoms with Gasteiger partial charge in [0, 0.05) is 10.8 Å². The van der Waals surface area contributed by atoms with Gasteiger partial charge in [0.2, 0.25) is 0 Å². The van der Waals surface area contributed by atoms with E-state index in [1.54, 1.807) is 6.07 Å². The summed E-state index contributed by atoms with van der Waals surface area (Å²) in [6, 6.07) is 10.7. The lowest BCUT2D eigenvalue weighted by atomic mass is 9.79. The highest BCUT2D eigenvalue weighted by Gasteiger charge is 2.51. The molecule has 118 valence electrons. The summed E-state index contributed by atoms with van der Waals surface area (Å²) in [7, 11) is -0.456. The maximum atomic E-state index is 13.9. The normalized spacial score (nSPS) is 19.8. The molecule has 2 heterocycles. The van der Waals surface area contributed by atoms with E-state index >= 15 is 0 Å². The van der Waals surface area contributed by atoms with E-state index in [0.717, 1.165) is 16.2 Å². The Hall–Kier alpha value is -1.85. The maximum Gasteiger partial charge on any atom is 0.494 e. The topological polar surface area (TPSA) is 31.6 Å². The number of fused-ring (bicyclic) bond motifs is 3. The standard InChI is InChI=1S/C18H18BFO3/c1-17(2)18(3,4)23-19(22-17)11-8-9-12-13-6-5-7-14(20)16(13)21-15(12)10-11/h5-10H,1-4H3. The summed E-state index contributed by atoms with van der Waals surface area (Å²) >= 11 is 0. The van der Waals surface area contributed by atoms with Crippen LogP contribution in [0.25, 0.3) is 21.9 Å². The van der Waals surface area contributed by atoms with Crippen LogP contribution in [0.15, 0.2) is 40.8 Å². The third kappa shape index (κ3) is 2.11. The van der Waals surface area contributed by atoms with Gasteiger partial charge in [-0.2, -0.15) is 0 Å². The molecular weight excluding hydrogens is 294 g/mol. The molecule has 1 fully saturated rings. The van der Waals surface area contributed by atoms with Gasteiger partial charge < -0.3 is 13.7 Å². The largest absolute Gasteiger partial charge is 0.494 e. The molecule has 0 N–H and O–H groups in total. The van der Waals surface area contributed by atoms with Crippen molar-refractivity contribution in [3.8, 4) is 0 Å². The van der Waals surface area contributed by atoms with E-state index in [9.17, 15) is 4.39 Å². The molecule has 1 saturated heterocycles. The van der Waals surface area contributed by atoms with Gasteiger partial charge in [0.05, 0.1) is 11.2 Å². The number of hydrogen-bond acceptors (Lipinski definition) is 3. The summed E-state index contributed by atoms with van der Waals surface area (Å²) in [5.41, 5.74) is 1.00. The molecule has 3 nitrogen and oxygen atoms in total. The van der Waals surface area contributed by atoms with Crippen molar-refractivity contribution in [2.75, 3.05) is 0 Å². The zero-order chi connectivity index (χ0) is 16.4. The molecule has 1 aliphatic rings. The number of benzene rings is 2. The third-order valence-corrected chi connectivity index (χ3v) is 5.00.